The van der Waals surface area contributed by atoms with Crippen LogP contribution in [0.15, 0.2) is 77.9 Å². The van der Waals surface area contributed by atoms with Crippen molar-refractivity contribution in [1.29, 1.82) is 0 Å². The number of amides is 2. The van der Waals surface area contributed by atoms with Gasteiger partial charge in [-0.1, -0.05) is 53.5 Å². The summed E-state index contributed by atoms with van der Waals surface area (Å²) in [6, 6.07) is 20.5. The van der Waals surface area contributed by atoms with Crippen LogP contribution in [0.1, 0.15) is 26.3 Å². The van der Waals surface area contributed by atoms with Crippen LogP contribution in [0.5, 0.6) is 0 Å². The highest BCUT2D eigenvalue weighted by Gasteiger charge is 2.08. The van der Waals surface area contributed by atoms with Gasteiger partial charge in [0.15, 0.2) is 0 Å². The van der Waals surface area contributed by atoms with Crippen LogP contribution in [0.4, 0.5) is 5.69 Å². The van der Waals surface area contributed by atoms with Gasteiger partial charge in [0.1, 0.15) is 0 Å². The van der Waals surface area contributed by atoms with Crippen molar-refractivity contribution in [3.8, 4) is 0 Å². The normalized spacial score (nSPS) is 10.6. The van der Waals surface area contributed by atoms with Gasteiger partial charge in [-0.05, 0) is 42.5 Å². The molecule has 0 fully saturated rings. The Kier molecular flexibility index (Phi) is 6.42. The molecule has 0 aliphatic rings. The first-order chi connectivity index (χ1) is 13.5. The maximum absolute atomic E-state index is 12.2. The van der Waals surface area contributed by atoms with Crippen molar-refractivity contribution in [1.82, 2.24) is 5.43 Å². The fourth-order valence-electron chi connectivity index (χ4n) is 2.34. The summed E-state index contributed by atoms with van der Waals surface area (Å²) in [5, 5.41) is 7.44. The third-order valence-electron chi connectivity index (χ3n) is 3.79. The molecule has 2 amide bonds. The largest absolute Gasteiger partial charge is 0.322 e. The summed E-state index contributed by atoms with van der Waals surface area (Å²) in [5.41, 5.74) is 4.55. The van der Waals surface area contributed by atoms with E-state index in [9.17, 15) is 9.59 Å². The summed E-state index contributed by atoms with van der Waals surface area (Å²) in [4.78, 5) is 24.3. The standard InChI is InChI=1S/C21H15Cl2N3O2/c22-18-8-4-7-16(19(18)23)13-24-26-21(28)15-9-11-17(12-10-15)25-20(27)14-5-2-1-3-6-14/h1-13H,(H,25,27)(H,26,28). The Morgan fingerprint density at radius 3 is 2.18 bits per heavy atom. The second-order valence-electron chi connectivity index (χ2n) is 5.74. The number of nitrogens with one attached hydrogen (secondary N) is 2. The van der Waals surface area contributed by atoms with Crippen LogP contribution in [0, 0.1) is 0 Å². The van der Waals surface area contributed by atoms with Crippen LogP contribution in [-0.2, 0) is 0 Å². The number of hydrazone groups is 1. The van der Waals surface area contributed by atoms with Gasteiger partial charge in [0.2, 0.25) is 0 Å². The minimum absolute atomic E-state index is 0.221. The molecule has 3 rings (SSSR count). The Morgan fingerprint density at radius 2 is 1.46 bits per heavy atom. The van der Waals surface area contributed by atoms with Gasteiger partial charge in [-0.15, -0.1) is 0 Å². The predicted octanol–water partition coefficient (Wildman–Crippen LogP) is 5.01. The number of nitrogens with zero attached hydrogens (tertiary/aromatic N) is 1. The van der Waals surface area contributed by atoms with E-state index in [-0.39, 0.29) is 5.91 Å². The molecule has 0 atom stereocenters. The van der Waals surface area contributed by atoms with E-state index in [1.807, 2.05) is 6.07 Å². The lowest BCUT2D eigenvalue weighted by atomic mass is 10.1. The van der Waals surface area contributed by atoms with Gasteiger partial charge >= 0.3 is 0 Å². The Morgan fingerprint density at radius 1 is 0.786 bits per heavy atom. The first-order valence-electron chi connectivity index (χ1n) is 8.28. The van der Waals surface area contributed by atoms with Gasteiger partial charge in [-0.25, -0.2) is 5.43 Å². The maximum Gasteiger partial charge on any atom is 0.271 e. The van der Waals surface area contributed by atoms with Crippen molar-refractivity contribution in [3.05, 3.63) is 99.5 Å². The van der Waals surface area contributed by atoms with Crippen molar-refractivity contribution in [2.45, 2.75) is 0 Å². The molecule has 0 unspecified atom stereocenters. The van der Waals surface area contributed by atoms with Crippen LogP contribution in [0.3, 0.4) is 0 Å². The van der Waals surface area contributed by atoms with Gasteiger partial charge in [-0.3, -0.25) is 9.59 Å². The molecule has 0 saturated heterocycles. The van der Waals surface area contributed by atoms with Gasteiger partial charge in [0.25, 0.3) is 11.8 Å². The number of hydrogen-bond donors (Lipinski definition) is 2. The van der Waals surface area contributed by atoms with E-state index in [2.05, 4.69) is 15.8 Å². The Bertz CT molecular complexity index is 1020. The van der Waals surface area contributed by atoms with Crippen molar-refractivity contribution >= 4 is 46.9 Å². The highest BCUT2D eigenvalue weighted by atomic mass is 35.5. The van der Waals surface area contributed by atoms with Crippen LogP contribution in [-0.4, -0.2) is 18.0 Å². The lowest BCUT2D eigenvalue weighted by Gasteiger charge is -2.06. The number of halogens is 2. The lowest BCUT2D eigenvalue weighted by Crippen LogP contribution is -2.18. The number of carbonyl (C=O) groups is 2. The van der Waals surface area contributed by atoms with E-state index in [1.165, 1.54) is 6.21 Å². The molecule has 7 heteroatoms. The molecule has 0 radical (unpaired) electrons. The molecule has 28 heavy (non-hydrogen) atoms. The molecule has 0 bridgehead atoms. The van der Waals surface area contributed by atoms with E-state index >= 15 is 0 Å². The number of carbonyl (C=O) groups excluding carboxylic acids is 2. The fourth-order valence-corrected chi connectivity index (χ4v) is 2.70. The number of benzene rings is 3. The summed E-state index contributed by atoms with van der Waals surface area (Å²) < 4.78 is 0. The van der Waals surface area contributed by atoms with Crippen LogP contribution in [0.2, 0.25) is 10.0 Å². The molecule has 2 N–H and O–H groups in total. The quantitative estimate of drug-likeness (QED) is 0.457. The molecule has 5 nitrogen and oxygen atoms in total. The summed E-state index contributed by atoms with van der Waals surface area (Å²) >= 11 is 12.0. The lowest BCUT2D eigenvalue weighted by molar-refractivity contribution is 0.0954. The van der Waals surface area contributed by atoms with E-state index in [0.29, 0.717) is 32.4 Å². The molecular formula is C21H15Cl2N3O2. The second kappa shape index (κ2) is 9.17. The van der Waals surface area contributed by atoms with E-state index in [0.717, 1.165) is 0 Å². The van der Waals surface area contributed by atoms with E-state index < -0.39 is 5.91 Å². The fraction of sp³-hybridized carbons (Fsp3) is 0. The molecule has 0 heterocycles. The minimum atomic E-state index is -0.393. The second-order valence-corrected chi connectivity index (χ2v) is 6.52. The SMILES string of the molecule is O=C(NN=Cc1cccc(Cl)c1Cl)c1ccc(NC(=O)c2ccccc2)cc1. The van der Waals surface area contributed by atoms with Crippen LogP contribution in [0.25, 0.3) is 0 Å². The Hall–Kier alpha value is -3.15. The summed E-state index contributed by atoms with van der Waals surface area (Å²) in [6.07, 6.45) is 1.42. The monoisotopic (exact) mass is 411 g/mol. The topological polar surface area (TPSA) is 70.6 Å². The van der Waals surface area contributed by atoms with Crippen molar-refractivity contribution in [2.24, 2.45) is 5.10 Å². The summed E-state index contributed by atoms with van der Waals surface area (Å²) in [7, 11) is 0. The molecule has 0 spiro atoms. The molecule has 0 aromatic heterocycles. The average molecular weight is 412 g/mol. The zero-order chi connectivity index (χ0) is 19.9. The van der Waals surface area contributed by atoms with Gasteiger partial charge in [-0.2, -0.15) is 5.10 Å². The third-order valence-corrected chi connectivity index (χ3v) is 4.63. The van der Waals surface area contributed by atoms with E-state index in [1.54, 1.807) is 66.7 Å². The average Bonchev–Trinajstić information content (AvgIpc) is 2.72. The highest BCUT2D eigenvalue weighted by molar-refractivity contribution is 6.43. The number of anilines is 1. The molecular weight excluding hydrogens is 397 g/mol. The maximum atomic E-state index is 12.2. The van der Waals surface area contributed by atoms with Gasteiger partial charge in [0, 0.05) is 22.4 Å². The van der Waals surface area contributed by atoms with Gasteiger partial charge in [0.05, 0.1) is 16.3 Å². The van der Waals surface area contributed by atoms with Crippen molar-refractivity contribution < 1.29 is 9.59 Å². The third kappa shape index (κ3) is 4.97. The van der Waals surface area contributed by atoms with Gasteiger partial charge < -0.3 is 5.32 Å². The molecule has 140 valence electrons. The zero-order valence-electron chi connectivity index (χ0n) is 14.5. The zero-order valence-corrected chi connectivity index (χ0v) is 16.0. The van der Waals surface area contributed by atoms with Crippen LogP contribution >= 0.6 is 23.2 Å². The molecule has 0 aliphatic heterocycles. The summed E-state index contributed by atoms with van der Waals surface area (Å²) in [6.45, 7) is 0. The highest BCUT2D eigenvalue weighted by Crippen LogP contribution is 2.24. The summed E-state index contributed by atoms with van der Waals surface area (Å²) in [5.74, 6) is -0.615. The first-order valence-corrected chi connectivity index (χ1v) is 9.04. The van der Waals surface area contributed by atoms with E-state index in [4.69, 9.17) is 23.2 Å². The number of rotatable bonds is 5. The minimum Gasteiger partial charge on any atom is -0.322 e. The molecule has 0 saturated carbocycles. The van der Waals surface area contributed by atoms with Crippen molar-refractivity contribution in [2.75, 3.05) is 5.32 Å². The Balaban J connectivity index is 1.60. The van der Waals surface area contributed by atoms with Crippen molar-refractivity contribution in [3.63, 3.8) is 0 Å². The molecule has 3 aromatic rings. The molecule has 0 aliphatic carbocycles. The Labute approximate surface area is 172 Å². The molecule has 3 aromatic carbocycles. The van der Waals surface area contributed by atoms with Crippen LogP contribution < -0.4 is 10.7 Å². The first kappa shape index (κ1) is 19.6. The number of hydrogen-bond acceptors (Lipinski definition) is 3. The predicted molar refractivity (Wildman–Crippen MR) is 112 cm³/mol. The smallest absolute Gasteiger partial charge is 0.271 e.